The summed E-state index contributed by atoms with van der Waals surface area (Å²) in [4.78, 5) is 14.8. The van der Waals surface area contributed by atoms with Gasteiger partial charge in [0.25, 0.3) is 0 Å². The van der Waals surface area contributed by atoms with Gasteiger partial charge >= 0.3 is 12.2 Å². The molecule has 1 fully saturated rings. The molecule has 2 heterocycles. The van der Waals surface area contributed by atoms with Crippen LogP contribution in [0.25, 0.3) is 5.69 Å². The zero-order valence-electron chi connectivity index (χ0n) is 18.9. The Morgan fingerprint density at radius 3 is 2.69 bits per heavy atom. The molecular weight excluding hydrogens is 463 g/mol. The zero-order valence-corrected chi connectivity index (χ0v) is 18.9. The van der Waals surface area contributed by atoms with E-state index in [0.717, 1.165) is 50.5 Å². The molecule has 0 aliphatic carbocycles. The van der Waals surface area contributed by atoms with Crippen LogP contribution < -0.4 is 15.4 Å². The van der Waals surface area contributed by atoms with Gasteiger partial charge in [0.05, 0.1) is 30.2 Å². The van der Waals surface area contributed by atoms with Gasteiger partial charge in [-0.25, -0.2) is 9.48 Å². The number of anilines is 1. The number of hydrogen-bond donors (Lipinski definition) is 2. The Hall–Kier alpha value is -3.57. The average molecular weight is 489 g/mol. The zero-order chi connectivity index (χ0) is 24.7. The quantitative estimate of drug-likeness (QED) is 0.501. The van der Waals surface area contributed by atoms with Gasteiger partial charge in [0, 0.05) is 38.6 Å². The molecule has 1 saturated heterocycles. The van der Waals surface area contributed by atoms with Gasteiger partial charge in [0.15, 0.2) is 0 Å². The molecule has 0 saturated carbocycles. The van der Waals surface area contributed by atoms with Crippen LogP contribution >= 0.6 is 0 Å². The van der Waals surface area contributed by atoms with E-state index in [9.17, 15) is 18.0 Å². The predicted molar refractivity (Wildman–Crippen MR) is 124 cm³/mol. The highest BCUT2D eigenvalue weighted by Crippen LogP contribution is 2.33. The molecule has 8 nitrogen and oxygen atoms in total. The number of nitrogens with zero attached hydrogens (tertiary/aromatic N) is 3. The van der Waals surface area contributed by atoms with Crippen molar-refractivity contribution in [2.45, 2.75) is 12.7 Å². The van der Waals surface area contributed by atoms with Crippen molar-refractivity contribution in [3.05, 3.63) is 72.1 Å². The van der Waals surface area contributed by atoms with Gasteiger partial charge < -0.3 is 20.1 Å². The summed E-state index contributed by atoms with van der Waals surface area (Å²) in [5.74, 6) is 0.678. The van der Waals surface area contributed by atoms with Crippen LogP contribution in [0, 0.1) is 0 Å². The summed E-state index contributed by atoms with van der Waals surface area (Å²) >= 11 is 0. The second-order valence-electron chi connectivity index (χ2n) is 7.94. The van der Waals surface area contributed by atoms with Crippen molar-refractivity contribution in [1.82, 2.24) is 20.0 Å². The highest BCUT2D eigenvalue weighted by atomic mass is 19.4. The van der Waals surface area contributed by atoms with Crippen molar-refractivity contribution in [2.75, 3.05) is 44.8 Å². The smallest absolute Gasteiger partial charge is 0.416 e. The molecule has 0 bridgehead atoms. The van der Waals surface area contributed by atoms with Gasteiger partial charge in [0.1, 0.15) is 12.4 Å². The Morgan fingerprint density at radius 1 is 1.11 bits per heavy atom. The van der Waals surface area contributed by atoms with Crippen LogP contribution in [-0.2, 0) is 17.5 Å². The minimum atomic E-state index is -4.54. The molecule has 0 unspecified atom stereocenters. The number of alkyl halides is 3. The summed E-state index contributed by atoms with van der Waals surface area (Å²) in [5.41, 5.74) is 0.223. The maximum Gasteiger partial charge on any atom is 0.416 e. The van der Waals surface area contributed by atoms with Crippen molar-refractivity contribution in [3.8, 4) is 11.4 Å². The fourth-order valence-electron chi connectivity index (χ4n) is 3.64. The number of carbonyl (C=O) groups is 1. The summed E-state index contributed by atoms with van der Waals surface area (Å²) in [6.07, 6.45) is -1.47. The van der Waals surface area contributed by atoms with Crippen LogP contribution in [0.1, 0.15) is 11.1 Å². The van der Waals surface area contributed by atoms with Gasteiger partial charge in [0.2, 0.25) is 0 Å². The first-order chi connectivity index (χ1) is 16.9. The van der Waals surface area contributed by atoms with Crippen molar-refractivity contribution in [2.24, 2.45) is 0 Å². The molecule has 1 aliphatic heterocycles. The maximum atomic E-state index is 13.2. The van der Waals surface area contributed by atoms with Gasteiger partial charge in [-0.1, -0.05) is 12.1 Å². The highest BCUT2D eigenvalue weighted by molar-refractivity contribution is 5.91. The Kier molecular flexibility index (Phi) is 7.88. The van der Waals surface area contributed by atoms with Crippen LogP contribution in [0.4, 0.5) is 23.7 Å². The van der Waals surface area contributed by atoms with E-state index in [4.69, 9.17) is 9.47 Å². The molecule has 35 heavy (non-hydrogen) atoms. The SMILES string of the molecule is O=C(NCc1cccc(OCCN2CCOCC2)c1)Nc1cc(C(F)(F)F)ccc1-n1cccn1. The lowest BCUT2D eigenvalue weighted by atomic mass is 10.1. The van der Waals surface area contributed by atoms with Crippen molar-refractivity contribution in [3.63, 3.8) is 0 Å². The standard InChI is InChI=1S/C24H26F3N5O3/c25-24(26,27)19-5-6-22(32-8-2-7-29-32)21(16-19)30-23(33)28-17-18-3-1-4-20(15-18)35-14-11-31-9-12-34-13-10-31/h1-8,15-16H,9-14,17H2,(H2,28,30,33). The summed E-state index contributed by atoms with van der Waals surface area (Å²) in [5, 5.41) is 9.23. The van der Waals surface area contributed by atoms with Crippen LogP contribution in [-0.4, -0.2) is 60.2 Å². The topological polar surface area (TPSA) is 80.6 Å². The van der Waals surface area contributed by atoms with E-state index in [1.807, 2.05) is 24.3 Å². The molecule has 4 rings (SSSR count). The summed E-state index contributed by atoms with van der Waals surface area (Å²) < 4.78 is 52.2. The minimum Gasteiger partial charge on any atom is -0.492 e. The third-order valence-electron chi connectivity index (χ3n) is 5.45. The van der Waals surface area contributed by atoms with E-state index < -0.39 is 17.8 Å². The predicted octanol–water partition coefficient (Wildman–Crippen LogP) is 3.92. The van der Waals surface area contributed by atoms with Crippen LogP contribution in [0.3, 0.4) is 0 Å². The molecule has 0 spiro atoms. The number of hydrogen-bond acceptors (Lipinski definition) is 5. The number of nitrogens with one attached hydrogen (secondary N) is 2. The lowest BCUT2D eigenvalue weighted by molar-refractivity contribution is -0.137. The Balaban J connectivity index is 1.34. The molecule has 1 aromatic heterocycles. The maximum absolute atomic E-state index is 13.2. The van der Waals surface area contributed by atoms with Crippen LogP contribution in [0.5, 0.6) is 5.75 Å². The number of carbonyl (C=O) groups excluding carboxylic acids is 1. The monoisotopic (exact) mass is 489 g/mol. The lowest BCUT2D eigenvalue weighted by Crippen LogP contribution is -2.38. The largest absolute Gasteiger partial charge is 0.492 e. The van der Waals surface area contributed by atoms with Gasteiger partial charge in [-0.05, 0) is 42.0 Å². The van der Waals surface area contributed by atoms with E-state index in [-0.39, 0.29) is 12.2 Å². The highest BCUT2D eigenvalue weighted by Gasteiger charge is 2.31. The number of aromatic nitrogens is 2. The Labute approximate surface area is 200 Å². The molecule has 2 N–H and O–H groups in total. The van der Waals surface area contributed by atoms with Crippen LogP contribution in [0.15, 0.2) is 60.9 Å². The first-order valence-corrected chi connectivity index (χ1v) is 11.2. The number of amides is 2. The Bertz CT molecular complexity index is 1120. The molecule has 0 radical (unpaired) electrons. The third kappa shape index (κ3) is 6.96. The number of rotatable bonds is 8. The number of benzene rings is 2. The van der Waals surface area contributed by atoms with Crippen molar-refractivity contribution >= 4 is 11.7 Å². The molecule has 2 aromatic carbocycles. The van der Waals surface area contributed by atoms with E-state index in [0.29, 0.717) is 18.0 Å². The van der Waals surface area contributed by atoms with Gasteiger partial charge in [-0.3, -0.25) is 4.90 Å². The number of ether oxygens (including phenoxy) is 2. The number of halogens is 3. The molecule has 0 atom stereocenters. The molecular formula is C24H26F3N5O3. The molecule has 2 amide bonds. The van der Waals surface area contributed by atoms with Crippen molar-refractivity contribution in [1.29, 1.82) is 0 Å². The summed E-state index contributed by atoms with van der Waals surface area (Å²) in [6, 6.07) is 11.4. The van der Waals surface area contributed by atoms with E-state index in [1.165, 1.54) is 16.9 Å². The molecule has 3 aromatic rings. The fourth-order valence-corrected chi connectivity index (χ4v) is 3.64. The second kappa shape index (κ2) is 11.2. The van der Waals surface area contributed by atoms with Crippen LogP contribution in [0.2, 0.25) is 0 Å². The average Bonchev–Trinajstić information content (AvgIpc) is 3.38. The van der Waals surface area contributed by atoms with E-state index >= 15 is 0 Å². The normalized spacial score (nSPS) is 14.5. The van der Waals surface area contributed by atoms with E-state index in [1.54, 1.807) is 12.3 Å². The minimum absolute atomic E-state index is 0.0128. The second-order valence-corrected chi connectivity index (χ2v) is 7.94. The Morgan fingerprint density at radius 2 is 1.94 bits per heavy atom. The molecule has 186 valence electrons. The first-order valence-electron chi connectivity index (χ1n) is 11.2. The van der Waals surface area contributed by atoms with Gasteiger partial charge in [-0.2, -0.15) is 18.3 Å². The van der Waals surface area contributed by atoms with Crippen molar-refractivity contribution < 1.29 is 27.4 Å². The third-order valence-corrected chi connectivity index (χ3v) is 5.45. The fraction of sp³-hybridized carbons (Fsp3) is 0.333. The van der Waals surface area contributed by atoms with E-state index in [2.05, 4.69) is 20.6 Å². The summed E-state index contributed by atoms with van der Waals surface area (Å²) in [6.45, 7) is 4.72. The summed E-state index contributed by atoms with van der Waals surface area (Å²) in [7, 11) is 0. The lowest BCUT2D eigenvalue weighted by Gasteiger charge is -2.26. The molecule has 1 aliphatic rings. The number of morpholine rings is 1. The molecule has 11 heteroatoms. The first kappa shape index (κ1) is 24.6. The van der Waals surface area contributed by atoms with Gasteiger partial charge in [-0.15, -0.1) is 0 Å². The number of urea groups is 1.